The lowest BCUT2D eigenvalue weighted by molar-refractivity contribution is 0.597. The van der Waals surface area contributed by atoms with Gasteiger partial charge in [0.1, 0.15) is 5.82 Å². The molecule has 0 N–H and O–H groups in total. The molecule has 0 unspecified atom stereocenters. The number of halogens is 2. The van der Waals surface area contributed by atoms with Gasteiger partial charge < -0.3 is 0 Å². The zero-order valence-corrected chi connectivity index (χ0v) is 12.7. The molecule has 0 aliphatic heterocycles. The van der Waals surface area contributed by atoms with E-state index in [4.69, 9.17) is 11.6 Å². The molecule has 2 nitrogen and oxygen atoms in total. The Morgan fingerprint density at radius 1 is 1.10 bits per heavy atom. The van der Waals surface area contributed by atoms with Crippen molar-refractivity contribution in [3.63, 3.8) is 0 Å². The fourth-order valence-corrected chi connectivity index (χ4v) is 3.38. The number of rotatable bonds is 5. The van der Waals surface area contributed by atoms with Crippen LogP contribution in [0.15, 0.2) is 54.6 Å². The van der Waals surface area contributed by atoms with Crippen molar-refractivity contribution in [1.29, 1.82) is 0 Å². The second-order valence-electron chi connectivity index (χ2n) is 4.60. The maximum absolute atomic E-state index is 12.9. The molecular formula is C16H14ClFO2S. The fourth-order valence-electron chi connectivity index (χ4n) is 1.83. The topological polar surface area (TPSA) is 34.1 Å². The van der Waals surface area contributed by atoms with Crippen LogP contribution in [0.4, 0.5) is 4.39 Å². The summed E-state index contributed by atoms with van der Waals surface area (Å²) in [5.41, 5.74) is 1.35. The minimum absolute atomic E-state index is 0.0877. The maximum Gasteiger partial charge on any atom is 0.158 e. The summed E-state index contributed by atoms with van der Waals surface area (Å²) in [5.74, 6) is -0.772. The van der Waals surface area contributed by atoms with Crippen molar-refractivity contribution in [2.45, 2.75) is 5.75 Å². The predicted molar refractivity (Wildman–Crippen MR) is 84.4 cm³/mol. The summed E-state index contributed by atoms with van der Waals surface area (Å²) >= 11 is 5.84. The van der Waals surface area contributed by atoms with Crippen LogP contribution < -0.4 is 0 Å². The van der Waals surface area contributed by atoms with Crippen molar-refractivity contribution in [2.24, 2.45) is 0 Å². The summed E-state index contributed by atoms with van der Waals surface area (Å²) in [6.07, 6.45) is 3.35. The first-order valence-corrected chi connectivity index (χ1v) is 8.52. The third-order valence-corrected chi connectivity index (χ3v) is 4.65. The molecule has 0 heterocycles. The van der Waals surface area contributed by atoms with Gasteiger partial charge in [0, 0.05) is 5.02 Å². The van der Waals surface area contributed by atoms with E-state index in [0.29, 0.717) is 5.56 Å². The zero-order valence-electron chi connectivity index (χ0n) is 11.2. The van der Waals surface area contributed by atoms with Crippen LogP contribution in [0.2, 0.25) is 5.02 Å². The predicted octanol–water partition coefficient (Wildman–Crippen LogP) is 4.11. The highest BCUT2D eigenvalue weighted by Crippen LogP contribution is 2.20. The molecule has 0 spiro atoms. The number of benzene rings is 2. The van der Waals surface area contributed by atoms with Crippen molar-refractivity contribution in [2.75, 3.05) is 5.75 Å². The van der Waals surface area contributed by atoms with Crippen LogP contribution in [0.5, 0.6) is 0 Å². The number of sulfone groups is 1. The number of hydrogen-bond acceptors (Lipinski definition) is 2. The quantitative estimate of drug-likeness (QED) is 0.829. The van der Waals surface area contributed by atoms with E-state index < -0.39 is 15.7 Å². The Morgan fingerprint density at radius 2 is 1.81 bits per heavy atom. The van der Waals surface area contributed by atoms with Gasteiger partial charge in [0.15, 0.2) is 9.84 Å². The molecule has 2 rings (SSSR count). The van der Waals surface area contributed by atoms with Gasteiger partial charge in [-0.25, -0.2) is 12.8 Å². The second kappa shape index (κ2) is 6.87. The summed E-state index contributed by atoms with van der Waals surface area (Å²) in [6, 6.07) is 13.2. The fraction of sp³-hybridized carbons (Fsp3) is 0.125. The molecule has 0 radical (unpaired) electrons. The molecule has 0 bridgehead atoms. The lowest BCUT2D eigenvalue weighted by atomic mass is 10.2. The molecule has 5 heteroatoms. The Labute approximate surface area is 128 Å². The first-order chi connectivity index (χ1) is 9.96. The van der Waals surface area contributed by atoms with Gasteiger partial charge in [-0.2, -0.15) is 0 Å². The molecular weight excluding hydrogens is 311 g/mol. The van der Waals surface area contributed by atoms with E-state index in [9.17, 15) is 12.8 Å². The first-order valence-electron chi connectivity index (χ1n) is 6.32. The highest BCUT2D eigenvalue weighted by molar-refractivity contribution is 7.90. The monoisotopic (exact) mass is 324 g/mol. The molecule has 110 valence electrons. The smallest absolute Gasteiger partial charge is 0.158 e. The number of hydrogen-bond donors (Lipinski definition) is 0. The summed E-state index contributed by atoms with van der Waals surface area (Å²) in [6.45, 7) is 0. The molecule has 0 saturated carbocycles. The Kier molecular flexibility index (Phi) is 5.15. The Balaban J connectivity index is 2.04. The van der Waals surface area contributed by atoms with Crippen LogP contribution in [-0.4, -0.2) is 14.2 Å². The van der Waals surface area contributed by atoms with Gasteiger partial charge in [-0.1, -0.05) is 60.2 Å². The van der Waals surface area contributed by atoms with Crippen molar-refractivity contribution < 1.29 is 12.8 Å². The lowest BCUT2D eigenvalue weighted by Gasteiger charge is -2.04. The molecule has 2 aromatic rings. The Hall–Kier alpha value is -1.65. The van der Waals surface area contributed by atoms with E-state index in [-0.39, 0.29) is 16.5 Å². The van der Waals surface area contributed by atoms with Crippen LogP contribution >= 0.6 is 11.6 Å². The van der Waals surface area contributed by atoms with Gasteiger partial charge in [-0.05, 0) is 23.3 Å². The van der Waals surface area contributed by atoms with E-state index in [2.05, 4.69) is 0 Å². The third-order valence-electron chi connectivity index (χ3n) is 2.85. The van der Waals surface area contributed by atoms with Gasteiger partial charge in [-0.3, -0.25) is 0 Å². The molecule has 2 aromatic carbocycles. The third kappa shape index (κ3) is 4.99. The van der Waals surface area contributed by atoms with Crippen LogP contribution in [-0.2, 0) is 15.6 Å². The van der Waals surface area contributed by atoms with Gasteiger partial charge in [0.05, 0.1) is 11.5 Å². The van der Waals surface area contributed by atoms with E-state index in [1.54, 1.807) is 12.2 Å². The van der Waals surface area contributed by atoms with Crippen molar-refractivity contribution in [1.82, 2.24) is 0 Å². The second-order valence-corrected chi connectivity index (χ2v) is 7.12. The van der Waals surface area contributed by atoms with Gasteiger partial charge >= 0.3 is 0 Å². The summed E-state index contributed by atoms with van der Waals surface area (Å²) in [5, 5.41) is 0.130. The van der Waals surface area contributed by atoms with Gasteiger partial charge in [-0.15, -0.1) is 0 Å². The Morgan fingerprint density at radius 3 is 2.48 bits per heavy atom. The van der Waals surface area contributed by atoms with E-state index >= 15 is 0 Å². The van der Waals surface area contributed by atoms with Crippen LogP contribution in [0.1, 0.15) is 11.1 Å². The standard InChI is InChI=1S/C16H14ClFO2S/c17-16-11-15(18)9-8-14(16)12-21(19,20)10-4-7-13-5-2-1-3-6-13/h1-9,11H,10,12H2/b7-4+. The van der Waals surface area contributed by atoms with Crippen molar-refractivity contribution in [3.8, 4) is 0 Å². The van der Waals surface area contributed by atoms with Gasteiger partial charge in [0.25, 0.3) is 0 Å². The average Bonchev–Trinajstić information content (AvgIpc) is 2.43. The van der Waals surface area contributed by atoms with Crippen LogP contribution in [0.25, 0.3) is 6.08 Å². The maximum atomic E-state index is 12.9. The molecule has 0 aliphatic carbocycles. The van der Waals surface area contributed by atoms with Crippen molar-refractivity contribution >= 4 is 27.5 Å². The normalized spacial score (nSPS) is 11.9. The zero-order chi connectivity index (χ0) is 15.3. The molecule has 0 amide bonds. The van der Waals surface area contributed by atoms with Crippen LogP contribution in [0, 0.1) is 5.82 Å². The highest BCUT2D eigenvalue weighted by Gasteiger charge is 2.13. The first kappa shape index (κ1) is 15.7. The minimum Gasteiger partial charge on any atom is -0.228 e. The van der Waals surface area contributed by atoms with Gasteiger partial charge in [0.2, 0.25) is 0 Å². The highest BCUT2D eigenvalue weighted by atomic mass is 35.5. The van der Waals surface area contributed by atoms with E-state index in [1.807, 2.05) is 30.3 Å². The van der Waals surface area contributed by atoms with E-state index in [0.717, 1.165) is 11.6 Å². The molecule has 0 saturated heterocycles. The molecule has 0 aromatic heterocycles. The summed E-state index contributed by atoms with van der Waals surface area (Å²) in [7, 11) is -3.33. The van der Waals surface area contributed by atoms with Crippen molar-refractivity contribution in [3.05, 3.63) is 76.6 Å². The lowest BCUT2D eigenvalue weighted by Crippen LogP contribution is -2.08. The average molecular weight is 325 g/mol. The molecule has 0 fully saturated rings. The summed E-state index contributed by atoms with van der Waals surface area (Å²) < 4.78 is 37.0. The van der Waals surface area contributed by atoms with Crippen LogP contribution in [0.3, 0.4) is 0 Å². The SMILES string of the molecule is O=S(=O)(C/C=C/c1ccccc1)Cc1ccc(F)cc1Cl. The largest absolute Gasteiger partial charge is 0.228 e. The molecule has 0 aliphatic rings. The van der Waals surface area contributed by atoms with E-state index in [1.165, 1.54) is 12.1 Å². The molecule has 21 heavy (non-hydrogen) atoms. The minimum atomic E-state index is -3.33. The Bertz CT molecular complexity index is 740. The summed E-state index contributed by atoms with van der Waals surface area (Å²) in [4.78, 5) is 0. The molecule has 0 atom stereocenters.